The Bertz CT molecular complexity index is 842. The summed E-state index contributed by atoms with van der Waals surface area (Å²) in [5.74, 6) is -0.150. The van der Waals surface area contributed by atoms with E-state index in [9.17, 15) is 14.9 Å². The molecule has 1 N–H and O–H groups in total. The molecule has 0 saturated carbocycles. The number of amides is 1. The number of para-hydroxylation sites is 2. The van der Waals surface area contributed by atoms with Crippen molar-refractivity contribution in [1.82, 2.24) is 5.32 Å². The van der Waals surface area contributed by atoms with Gasteiger partial charge in [0.05, 0.1) is 4.92 Å². The molecule has 1 aliphatic heterocycles. The van der Waals surface area contributed by atoms with Gasteiger partial charge in [0.15, 0.2) is 0 Å². The van der Waals surface area contributed by atoms with E-state index < -0.39 is 16.5 Å². The Morgan fingerprint density at radius 2 is 1.81 bits per heavy atom. The molecule has 3 rings (SSSR count). The molecular formula is C20H23N3O3. The minimum Gasteiger partial charge on any atom is -0.350 e. The van der Waals surface area contributed by atoms with E-state index in [4.69, 9.17) is 0 Å². The highest BCUT2D eigenvalue weighted by Gasteiger charge is 2.36. The summed E-state index contributed by atoms with van der Waals surface area (Å²) in [5.41, 5.74) is 2.11. The van der Waals surface area contributed by atoms with Gasteiger partial charge in [-0.25, -0.2) is 0 Å². The van der Waals surface area contributed by atoms with Gasteiger partial charge in [-0.05, 0) is 44.4 Å². The van der Waals surface area contributed by atoms with Gasteiger partial charge in [-0.3, -0.25) is 14.9 Å². The number of rotatable bonds is 3. The average Bonchev–Trinajstić information content (AvgIpc) is 2.59. The first-order valence-corrected chi connectivity index (χ1v) is 8.68. The van der Waals surface area contributed by atoms with Crippen molar-refractivity contribution in [2.75, 3.05) is 11.4 Å². The van der Waals surface area contributed by atoms with Crippen LogP contribution in [0, 0.1) is 10.1 Å². The van der Waals surface area contributed by atoms with Crippen LogP contribution in [0.3, 0.4) is 0 Å². The summed E-state index contributed by atoms with van der Waals surface area (Å²) < 4.78 is 0. The fourth-order valence-corrected chi connectivity index (χ4v) is 3.41. The summed E-state index contributed by atoms with van der Waals surface area (Å²) >= 11 is 0. The second kappa shape index (κ2) is 6.78. The lowest BCUT2D eigenvalue weighted by Gasteiger charge is -2.39. The van der Waals surface area contributed by atoms with Gasteiger partial charge in [-0.15, -0.1) is 0 Å². The standard InChI is InChI=1S/C20H23N3O3/c1-20(2,3)21-19(24)18-15-9-5-4-8-14(15)12-13-22(18)16-10-6-7-11-17(16)23(25)26/h4-11,18H,12-13H2,1-3H3,(H,21,24). The van der Waals surface area contributed by atoms with Crippen molar-refractivity contribution in [3.8, 4) is 0 Å². The molecular weight excluding hydrogens is 330 g/mol. The maximum Gasteiger partial charge on any atom is 0.292 e. The highest BCUT2D eigenvalue weighted by Crippen LogP contribution is 2.38. The van der Waals surface area contributed by atoms with Crippen LogP contribution in [0.5, 0.6) is 0 Å². The molecule has 1 atom stereocenters. The van der Waals surface area contributed by atoms with Crippen molar-refractivity contribution in [3.63, 3.8) is 0 Å². The van der Waals surface area contributed by atoms with E-state index in [0.29, 0.717) is 12.2 Å². The van der Waals surface area contributed by atoms with Crippen LogP contribution in [0.15, 0.2) is 48.5 Å². The molecule has 0 spiro atoms. The first-order chi connectivity index (χ1) is 12.3. The maximum absolute atomic E-state index is 13.1. The molecule has 2 aromatic rings. The number of hydrogen-bond acceptors (Lipinski definition) is 4. The Hall–Kier alpha value is -2.89. The molecule has 2 aromatic carbocycles. The molecule has 1 amide bonds. The molecule has 1 heterocycles. The largest absolute Gasteiger partial charge is 0.350 e. The van der Waals surface area contributed by atoms with E-state index >= 15 is 0 Å². The Kier molecular flexibility index (Phi) is 4.68. The molecule has 0 aromatic heterocycles. The smallest absolute Gasteiger partial charge is 0.292 e. The lowest BCUT2D eigenvalue weighted by Crippen LogP contribution is -2.50. The van der Waals surface area contributed by atoms with Crippen LogP contribution >= 0.6 is 0 Å². The quantitative estimate of drug-likeness (QED) is 0.675. The third-order valence-electron chi connectivity index (χ3n) is 4.42. The van der Waals surface area contributed by atoms with Gasteiger partial charge in [-0.1, -0.05) is 36.4 Å². The summed E-state index contributed by atoms with van der Waals surface area (Å²) in [4.78, 5) is 26.1. The molecule has 0 saturated heterocycles. The van der Waals surface area contributed by atoms with Gasteiger partial charge in [-0.2, -0.15) is 0 Å². The van der Waals surface area contributed by atoms with Crippen molar-refractivity contribution in [2.45, 2.75) is 38.8 Å². The van der Waals surface area contributed by atoms with Gasteiger partial charge in [0.2, 0.25) is 5.91 Å². The van der Waals surface area contributed by atoms with Gasteiger partial charge >= 0.3 is 0 Å². The van der Waals surface area contributed by atoms with Crippen LogP contribution in [0.1, 0.15) is 37.9 Å². The number of hydrogen-bond donors (Lipinski definition) is 1. The Morgan fingerprint density at radius 1 is 1.15 bits per heavy atom. The molecule has 0 bridgehead atoms. The zero-order valence-corrected chi connectivity index (χ0v) is 15.2. The van der Waals surface area contributed by atoms with Crippen molar-refractivity contribution in [2.24, 2.45) is 0 Å². The van der Waals surface area contributed by atoms with Crippen LogP contribution in [-0.2, 0) is 11.2 Å². The van der Waals surface area contributed by atoms with Crippen molar-refractivity contribution < 1.29 is 9.72 Å². The summed E-state index contributed by atoms with van der Waals surface area (Å²) in [7, 11) is 0. The second-order valence-corrected chi connectivity index (χ2v) is 7.53. The molecule has 136 valence electrons. The molecule has 1 unspecified atom stereocenters. The first-order valence-electron chi connectivity index (χ1n) is 8.68. The SMILES string of the molecule is CC(C)(C)NC(=O)C1c2ccccc2CCN1c1ccccc1[N+](=O)[O-]. The Balaban J connectivity index is 2.10. The highest BCUT2D eigenvalue weighted by molar-refractivity contribution is 5.89. The fraction of sp³-hybridized carbons (Fsp3) is 0.350. The van der Waals surface area contributed by atoms with E-state index in [1.54, 1.807) is 18.2 Å². The average molecular weight is 353 g/mol. The number of carbonyl (C=O) groups is 1. The van der Waals surface area contributed by atoms with Gasteiger partial charge in [0.1, 0.15) is 11.7 Å². The van der Waals surface area contributed by atoms with Crippen molar-refractivity contribution in [1.29, 1.82) is 0 Å². The van der Waals surface area contributed by atoms with Crippen LogP contribution < -0.4 is 10.2 Å². The lowest BCUT2D eigenvalue weighted by molar-refractivity contribution is -0.384. The minimum absolute atomic E-state index is 0.0143. The molecule has 1 aliphatic rings. The lowest BCUT2D eigenvalue weighted by atomic mass is 9.90. The highest BCUT2D eigenvalue weighted by atomic mass is 16.6. The van der Waals surface area contributed by atoms with E-state index in [2.05, 4.69) is 5.32 Å². The van der Waals surface area contributed by atoms with E-state index in [1.165, 1.54) is 6.07 Å². The second-order valence-electron chi connectivity index (χ2n) is 7.53. The predicted molar refractivity (Wildman–Crippen MR) is 101 cm³/mol. The first kappa shape index (κ1) is 17.9. The van der Waals surface area contributed by atoms with Crippen molar-refractivity contribution in [3.05, 3.63) is 69.8 Å². The third kappa shape index (κ3) is 3.54. The summed E-state index contributed by atoms with van der Waals surface area (Å²) in [6.45, 7) is 6.32. The van der Waals surface area contributed by atoms with Gasteiger partial charge < -0.3 is 10.2 Å². The third-order valence-corrected chi connectivity index (χ3v) is 4.42. The minimum atomic E-state index is -0.597. The van der Waals surface area contributed by atoms with E-state index in [0.717, 1.165) is 17.5 Å². The Labute approximate surface area is 153 Å². The number of nitro benzene ring substituents is 1. The van der Waals surface area contributed by atoms with Crippen LogP contribution in [0.2, 0.25) is 0 Å². The molecule has 0 aliphatic carbocycles. The number of fused-ring (bicyclic) bond motifs is 1. The molecule has 6 heteroatoms. The van der Waals surface area contributed by atoms with Gasteiger partial charge in [0.25, 0.3) is 5.69 Å². The number of carbonyl (C=O) groups excluding carboxylic acids is 1. The van der Waals surface area contributed by atoms with E-state index in [1.807, 2.05) is 49.9 Å². The van der Waals surface area contributed by atoms with Crippen LogP contribution in [-0.4, -0.2) is 22.9 Å². The predicted octanol–water partition coefficient (Wildman–Crippen LogP) is 3.61. The normalized spacial score (nSPS) is 16.7. The zero-order chi connectivity index (χ0) is 18.9. The van der Waals surface area contributed by atoms with Crippen LogP contribution in [0.4, 0.5) is 11.4 Å². The monoisotopic (exact) mass is 353 g/mol. The molecule has 26 heavy (non-hydrogen) atoms. The summed E-state index contributed by atoms with van der Waals surface area (Å²) in [6, 6.07) is 13.8. The molecule has 6 nitrogen and oxygen atoms in total. The number of nitro groups is 1. The number of benzene rings is 2. The summed E-state index contributed by atoms with van der Waals surface area (Å²) in [6.07, 6.45) is 0.738. The number of nitrogens with zero attached hydrogens (tertiary/aromatic N) is 2. The molecule has 0 radical (unpaired) electrons. The summed E-state index contributed by atoms with van der Waals surface area (Å²) in [5, 5.41) is 14.5. The zero-order valence-electron chi connectivity index (χ0n) is 15.2. The van der Waals surface area contributed by atoms with Crippen molar-refractivity contribution >= 4 is 17.3 Å². The Morgan fingerprint density at radius 3 is 2.50 bits per heavy atom. The number of nitrogens with one attached hydrogen (secondary N) is 1. The van der Waals surface area contributed by atoms with Crippen LogP contribution in [0.25, 0.3) is 0 Å². The number of anilines is 1. The topological polar surface area (TPSA) is 75.5 Å². The molecule has 0 fully saturated rings. The fourth-order valence-electron chi connectivity index (χ4n) is 3.41. The van der Waals surface area contributed by atoms with Gasteiger partial charge in [0, 0.05) is 18.2 Å². The maximum atomic E-state index is 13.1. The van der Waals surface area contributed by atoms with E-state index in [-0.39, 0.29) is 11.6 Å².